The third kappa shape index (κ3) is 4.05. The van der Waals surface area contributed by atoms with E-state index >= 15 is 0 Å². The smallest absolute Gasteiger partial charge is 0.407 e. The van der Waals surface area contributed by atoms with Crippen molar-refractivity contribution in [3.63, 3.8) is 0 Å². The van der Waals surface area contributed by atoms with Crippen LogP contribution in [0.4, 0.5) is 10.5 Å². The first-order valence-corrected chi connectivity index (χ1v) is 8.32. The van der Waals surface area contributed by atoms with Crippen molar-refractivity contribution in [2.24, 2.45) is 0 Å². The zero-order chi connectivity index (χ0) is 17.8. The van der Waals surface area contributed by atoms with Gasteiger partial charge in [0.05, 0.1) is 29.9 Å². The molecule has 0 aliphatic carbocycles. The largest absolute Gasteiger partial charge is 0.450 e. The highest BCUT2D eigenvalue weighted by atomic mass is 16.6. The van der Waals surface area contributed by atoms with Gasteiger partial charge in [-0.3, -0.25) is 19.7 Å². The number of rotatable bonds is 5. The van der Waals surface area contributed by atoms with Gasteiger partial charge in [-0.1, -0.05) is 0 Å². The van der Waals surface area contributed by atoms with Crippen LogP contribution < -0.4 is 5.32 Å². The Kier molecular flexibility index (Phi) is 5.13. The van der Waals surface area contributed by atoms with E-state index in [4.69, 9.17) is 4.74 Å². The maximum atomic E-state index is 11.6. The number of non-ortho nitro benzene ring substituents is 1. The molecule has 1 atom stereocenters. The molecule has 2 heterocycles. The molecule has 1 N–H and O–H groups in total. The first kappa shape index (κ1) is 17.2. The first-order valence-electron chi connectivity index (χ1n) is 8.32. The Morgan fingerprint density at radius 1 is 1.52 bits per heavy atom. The van der Waals surface area contributed by atoms with Crippen LogP contribution in [0.1, 0.15) is 19.8 Å². The summed E-state index contributed by atoms with van der Waals surface area (Å²) < 4.78 is 6.76. The summed E-state index contributed by atoms with van der Waals surface area (Å²) in [6.45, 7) is 4.33. The Labute approximate surface area is 144 Å². The van der Waals surface area contributed by atoms with Gasteiger partial charge in [-0.05, 0) is 25.8 Å². The van der Waals surface area contributed by atoms with Crippen LogP contribution >= 0.6 is 0 Å². The summed E-state index contributed by atoms with van der Waals surface area (Å²) in [5.41, 5.74) is 0.912. The number of carbonyl (C=O) groups is 1. The van der Waals surface area contributed by atoms with Crippen LogP contribution in [0.2, 0.25) is 0 Å². The maximum absolute atomic E-state index is 11.6. The van der Waals surface area contributed by atoms with Crippen LogP contribution in [-0.4, -0.2) is 51.4 Å². The Balaban J connectivity index is 1.66. The Morgan fingerprint density at radius 3 is 3.12 bits per heavy atom. The van der Waals surface area contributed by atoms with Gasteiger partial charge in [0.2, 0.25) is 0 Å². The molecule has 25 heavy (non-hydrogen) atoms. The maximum Gasteiger partial charge on any atom is 0.407 e. The highest BCUT2D eigenvalue weighted by Crippen LogP contribution is 2.21. The number of nitrogens with zero attached hydrogens (tertiary/aromatic N) is 4. The SMILES string of the molecule is CCOC(=O)N[C@H]1CCCN(Cn2ncc3cc([N+](=O)[O-])ccc32)C1. The molecule has 1 fully saturated rings. The molecule has 1 aromatic heterocycles. The molecule has 0 bridgehead atoms. The molecule has 0 radical (unpaired) electrons. The van der Waals surface area contributed by atoms with Crippen LogP contribution in [0.25, 0.3) is 10.9 Å². The fraction of sp³-hybridized carbons (Fsp3) is 0.500. The lowest BCUT2D eigenvalue weighted by molar-refractivity contribution is -0.384. The number of aromatic nitrogens is 2. The lowest BCUT2D eigenvalue weighted by atomic mass is 10.1. The summed E-state index contributed by atoms with van der Waals surface area (Å²) in [7, 11) is 0. The normalized spacial score (nSPS) is 18.2. The van der Waals surface area contributed by atoms with Crippen molar-refractivity contribution in [2.75, 3.05) is 19.7 Å². The van der Waals surface area contributed by atoms with Crippen molar-refractivity contribution in [3.8, 4) is 0 Å². The zero-order valence-corrected chi connectivity index (χ0v) is 14.1. The number of carbonyl (C=O) groups excluding carboxylic acids is 1. The number of hydrogen-bond acceptors (Lipinski definition) is 6. The average molecular weight is 347 g/mol. The van der Waals surface area contributed by atoms with E-state index in [-0.39, 0.29) is 17.8 Å². The summed E-state index contributed by atoms with van der Waals surface area (Å²) in [6, 6.07) is 4.79. The zero-order valence-electron chi connectivity index (χ0n) is 14.1. The molecule has 0 saturated carbocycles. The van der Waals surface area contributed by atoms with E-state index in [0.29, 0.717) is 19.8 Å². The van der Waals surface area contributed by atoms with Crippen LogP contribution in [0.3, 0.4) is 0 Å². The molecule has 1 saturated heterocycles. The number of fused-ring (bicyclic) bond motifs is 1. The topological polar surface area (TPSA) is 103 Å². The van der Waals surface area contributed by atoms with E-state index in [1.54, 1.807) is 19.2 Å². The van der Waals surface area contributed by atoms with Crippen LogP contribution in [-0.2, 0) is 11.4 Å². The van der Waals surface area contributed by atoms with Gasteiger partial charge in [0.25, 0.3) is 5.69 Å². The van der Waals surface area contributed by atoms with Crippen molar-refractivity contribution < 1.29 is 14.5 Å². The van der Waals surface area contributed by atoms with Crippen molar-refractivity contribution >= 4 is 22.7 Å². The summed E-state index contributed by atoms with van der Waals surface area (Å²) in [5.74, 6) is 0. The standard InChI is InChI=1S/C16H21N5O4/c1-2-25-16(22)18-13-4-3-7-19(10-13)11-20-15-6-5-14(21(23)24)8-12(15)9-17-20/h5-6,8-9,13H,2-4,7,10-11H2,1H3,(H,18,22)/t13-/m0/s1. The van der Waals surface area contributed by atoms with E-state index in [0.717, 1.165) is 30.3 Å². The van der Waals surface area contributed by atoms with Gasteiger partial charge in [-0.25, -0.2) is 4.79 Å². The molecular weight excluding hydrogens is 326 g/mol. The average Bonchev–Trinajstić information content (AvgIpc) is 2.97. The molecule has 9 heteroatoms. The monoisotopic (exact) mass is 347 g/mol. The van der Waals surface area contributed by atoms with E-state index < -0.39 is 4.92 Å². The number of piperidine rings is 1. The van der Waals surface area contributed by atoms with Crippen molar-refractivity contribution in [3.05, 3.63) is 34.5 Å². The summed E-state index contributed by atoms with van der Waals surface area (Å²) >= 11 is 0. The molecule has 134 valence electrons. The van der Waals surface area contributed by atoms with Crippen LogP contribution in [0, 0.1) is 10.1 Å². The fourth-order valence-electron chi connectivity index (χ4n) is 3.13. The number of nitro groups is 1. The van der Waals surface area contributed by atoms with Gasteiger partial charge >= 0.3 is 6.09 Å². The van der Waals surface area contributed by atoms with Crippen molar-refractivity contribution in [1.29, 1.82) is 0 Å². The summed E-state index contributed by atoms with van der Waals surface area (Å²) in [6.07, 6.45) is 3.15. The van der Waals surface area contributed by atoms with Gasteiger partial charge < -0.3 is 10.1 Å². The van der Waals surface area contributed by atoms with Crippen molar-refractivity contribution in [2.45, 2.75) is 32.5 Å². The first-order chi connectivity index (χ1) is 12.1. The quantitative estimate of drug-likeness (QED) is 0.656. The van der Waals surface area contributed by atoms with Crippen molar-refractivity contribution in [1.82, 2.24) is 20.0 Å². The van der Waals surface area contributed by atoms with Gasteiger partial charge in [-0.15, -0.1) is 0 Å². The number of likely N-dealkylation sites (tertiary alicyclic amines) is 1. The highest BCUT2D eigenvalue weighted by Gasteiger charge is 2.22. The molecule has 1 aliphatic heterocycles. The van der Waals surface area contributed by atoms with E-state index in [1.165, 1.54) is 12.1 Å². The van der Waals surface area contributed by atoms with E-state index in [1.807, 2.05) is 4.68 Å². The van der Waals surface area contributed by atoms with Crippen LogP contribution in [0.5, 0.6) is 0 Å². The molecular formula is C16H21N5O4. The van der Waals surface area contributed by atoms with Crippen LogP contribution in [0.15, 0.2) is 24.4 Å². The molecule has 1 amide bonds. The Morgan fingerprint density at radius 2 is 2.36 bits per heavy atom. The summed E-state index contributed by atoms with van der Waals surface area (Å²) in [4.78, 5) is 24.2. The van der Waals surface area contributed by atoms with E-state index in [9.17, 15) is 14.9 Å². The second-order valence-electron chi connectivity index (χ2n) is 6.07. The van der Waals surface area contributed by atoms with Gasteiger partial charge in [0, 0.05) is 36.7 Å². The van der Waals surface area contributed by atoms with E-state index in [2.05, 4.69) is 15.3 Å². The predicted molar refractivity (Wildman–Crippen MR) is 91.1 cm³/mol. The highest BCUT2D eigenvalue weighted by molar-refractivity contribution is 5.81. The van der Waals surface area contributed by atoms with Gasteiger partial charge in [-0.2, -0.15) is 5.10 Å². The predicted octanol–water partition coefficient (Wildman–Crippen LogP) is 2.11. The second kappa shape index (κ2) is 7.47. The van der Waals surface area contributed by atoms with Gasteiger partial charge in [0.1, 0.15) is 0 Å². The minimum atomic E-state index is -0.410. The third-order valence-electron chi connectivity index (χ3n) is 4.27. The minimum absolute atomic E-state index is 0.0516. The molecule has 0 unspecified atom stereocenters. The molecule has 0 spiro atoms. The lowest BCUT2D eigenvalue weighted by Crippen LogP contribution is -2.48. The molecule has 3 rings (SSSR count). The number of hydrogen-bond donors (Lipinski definition) is 1. The Bertz CT molecular complexity index is 775. The van der Waals surface area contributed by atoms with Gasteiger partial charge in [0.15, 0.2) is 0 Å². The Hall–Kier alpha value is -2.68. The minimum Gasteiger partial charge on any atom is -0.450 e. The molecule has 9 nitrogen and oxygen atoms in total. The molecule has 1 aliphatic rings. The lowest BCUT2D eigenvalue weighted by Gasteiger charge is -2.32. The second-order valence-corrected chi connectivity index (χ2v) is 6.07. The molecule has 1 aromatic carbocycles. The number of alkyl carbamates (subject to hydrolysis) is 1. The number of nitrogens with one attached hydrogen (secondary N) is 1. The number of benzene rings is 1. The number of amides is 1. The fourth-order valence-corrected chi connectivity index (χ4v) is 3.13. The number of nitro benzene ring substituents is 1. The molecule has 2 aromatic rings. The third-order valence-corrected chi connectivity index (χ3v) is 4.27. The summed E-state index contributed by atoms with van der Waals surface area (Å²) in [5, 5.41) is 18.8. The number of ether oxygens (including phenoxy) is 1.